The van der Waals surface area contributed by atoms with Gasteiger partial charge in [-0.1, -0.05) is 12.1 Å². The van der Waals surface area contributed by atoms with E-state index in [9.17, 15) is 13.2 Å². The van der Waals surface area contributed by atoms with Crippen LogP contribution in [0.5, 0.6) is 0 Å². The molecule has 0 saturated carbocycles. The van der Waals surface area contributed by atoms with Crippen LogP contribution in [0, 0.1) is 6.92 Å². The number of thioether (sulfide) groups is 1. The molecule has 0 bridgehead atoms. The van der Waals surface area contributed by atoms with E-state index in [2.05, 4.69) is 15.0 Å². The molecule has 0 aliphatic rings. The lowest BCUT2D eigenvalue weighted by Crippen LogP contribution is -2.20. The zero-order chi connectivity index (χ0) is 21.0. The Labute approximate surface area is 175 Å². The topological polar surface area (TPSA) is 93.1 Å². The van der Waals surface area contributed by atoms with Gasteiger partial charge in [0.2, 0.25) is 15.9 Å². The number of para-hydroxylation sites is 2. The Balaban J connectivity index is 1.77. The van der Waals surface area contributed by atoms with E-state index >= 15 is 0 Å². The summed E-state index contributed by atoms with van der Waals surface area (Å²) in [6, 6.07) is 12.9. The molecule has 3 aromatic rings. The Morgan fingerprint density at radius 3 is 2.66 bits per heavy atom. The van der Waals surface area contributed by atoms with E-state index in [-0.39, 0.29) is 18.2 Å². The van der Waals surface area contributed by atoms with Crippen molar-refractivity contribution in [2.24, 2.45) is 0 Å². The molecular weight excluding hydrogens is 408 g/mol. The van der Waals surface area contributed by atoms with Gasteiger partial charge in [-0.15, -0.1) is 0 Å². The molecule has 0 unspecified atom stereocenters. The molecule has 1 heterocycles. The number of nitrogens with zero attached hydrogens (tertiary/aromatic N) is 2. The lowest BCUT2D eigenvalue weighted by atomic mass is 10.2. The third-order valence-electron chi connectivity index (χ3n) is 4.46. The summed E-state index contributed by atoms with van der Waals surface area (Å²) in [6.07, 6.45) is 2.00. The molecule has 7 nitrogen and oxygen atoms in total. The van der Waals surface area contributed by atoms with Crippen LogP contribution in [-0.4, -0.2) is 35.9 Å². The number of imidazole rings is 1. The highest BCUT2D eigenvalue weighted by molar-refractivity contribution is 7.97. The number of amides is 1. The van der Waals surface area contributed by atoms with Crippen LogP contribution in [-0.2, 0) is 27.1 Å². The summed E-state index contributed by atoms with van der Waals surface area (Å²) in [6.45, 7) is 3.53. The number of nitrogens with one attached hydrogen (secondary N) is 2. The quantitative estimate of drug-likeness (QED) is 0.567. The fraction of sp³-hybridized carbons (Fsp3) is 0.300. The number of fused-ring (bicyclic) bond motifs is 1. The molecule has 0 aliphatic carbocycles. The molecule has 2 N–H and O–H groups in total. The molecule has 1 amide bonds. The van der Waals surface area contributed by atoms with E-state index in [0.29, 0.717) is 17.1 Å². The lowest BCUT2D eigenvalue weighted by molar-refractivity contribution is -0.116. The molecular formula is C20H24N4O3S2. The Morgan fingerprint density at radius 1 is 1.21 bits per heavy atom. The summed E-state index contributed by atoms with van der Waals surface area (Å²) in [4.78, 5) is 17.3. The van der Waals surface area contributed by atoms with Crippen LogP contribution in [0.3, 0.4) is 0 Å². The second-order valence-electron chi connectivity index (χ2n) is 6.62. The van der Waals surface area contributed by atoms with Crippen LogP contribution in [0.4, 0.5) is 11.4 Å². The van der Waals surface area contributed by atoms with Crippen molar-refractivity contribution in [3.63, 3.8) is 0 Å². The molecule has 0 atom stereocenters. The normalized spacial score (nSPS) is 11.6. The summed E-state index contributed by atoms with van der Waals surface area (Å²) in [7, 11) is -3.35. The molecule has 0 spiro atoms. The van der Waals surface area contributed by atoms with Crippen LogP contribution in [0.25, 0.3) is 11.0 Å². The molecule has 0 radical (unpaired) electrons. The smallest absolute Gasteiger partial charge is 0.244 e. The highest BCUT2D eigenvalue weighted by Crippen LogP contribution is 2.22. The average molecular weight is 433 g/mol. The molecule has 9 heteroatoms. The lowest BCUT2D eigenvalue weighted by Gasteiger charge is -2.13. The van der Waals surface area contributed by atoms with E-state index in [0.717, 1.165) is 22.4 Å². The number of benzene rings is 2. The van der Waals surface area contributed by atoms with Crippen molar-refractivity contribution in [3.05, 3.63) is 53.9 Å². The molecule has 154 valence electrons. The predicted molar refractivity (Wildman–Crippen MR) is 120 cm³/mol. The molecule has 1 aromatic heterocycles. The summed E-state index contributed by atoms with van der Waals surface area (Å²) in [5.41, 5.74) is 3.64. The number of hydrogen-bond donors (Lipinski definition) is 2. The molecule has 2 aromatic carbocycles. The van der Waals surface area contributed by atoms with Gasteiger partial charge < -0.3 is 9.88 Å². The second kappa shape index (κ2) is 8.87. The SMILES string of the molecule is CCS(=O)(=O)Nc1ccc(NC(=O)Cn2c(CSC)nc3ccccc32)cc1C. The molecule has 3 rings (SSSR count). The van der Waals surface area contributed by atoms with Crippen LogP contribution in [0.15, 0.2) is 42.5 Å². The van der Waals surface area contributed by atoms with E-state index < -0.39 is 10.0 Å². The van der Waals surface area contributed by atoms with Crippen LogP contribution in [0.2, 0.25) is 0 Å². The Bertz CT molecular complexity index is 1140. The first kappa shape index (κ1) is 21.2. The average Bonchev–Trinajstić information content (AvgIpc) is 3.01. The minimum atomic E-state index is -3.35. The first-order chi connectivity index (χ1) is 13.8. The van der Waals surface area contributed by atoms with Gasteiger partial charge in [0.05, 0.1) is 28.2 Å². The maximum Gasteiger partial charge on any atom is 0.244 e. The van der Waals surface area contributed by atoms with Crippen molar-refractivity contribution in [1.82, 2.24) is 9.55 Å². The van der Waals surface area contributed by atoms with Gasteiger partial charge in [-0.3, -0.25) is 9.52 Å². The second-order valence-corrected chi connectivity index (χ2v) is 9.50. The van der Waals surface area contributed by atoms with Gasteiger partial charge in [-0.05, 0) is 56.0 Å². The third-order valence-corrected chi connectivity index (χ3v) is 6.30. The molecule has 0 saturated heterocycles. The predicted octanol–water partition coefficient (Wildman–Crippen LogP) is 3.61. The van der Waals surface area contributed by atoms with E-state index in [4.69, 9.17) is 0 Å². The van der Waals surface area contributed by atoms with Crippen LogP contribution < -0.4 is 10.0 Å². The van der Waals surface area contributed by atoms with Gasteiger partial charge in [-0.2, -0.15) is 11.8 Å². The number of rotatable bonds is 8. The van der Waals surface area contributed by atoms with Gasteiger partial charge >= 0.3 is 0 Å². The highest BCUT2D eigenvalue weighted by atomic mass is 32.2. The molecule has 29 heavy (non-hydrogen) atoms. The van der Waals surface area contributed by atoms with Crippen LogP contribution in [0.1, 0.15) is 18.3 Å². The van der Waals surface area contributed by atoms with Crippen molar-refractivity contribution < 1.29 is 13.2 Å². The van der Waals surface area contributed by atoms with Crippen LogP contribution >= 0.6 is 11.8 Å². The monoisotopic (exact) mass is 432 g/mol. The maximum atomic E-state index is 12.7. The standard InChI is InChI=1S/C20H24N4O3S2/c1-4-29(26,27)23-16-10-9-15(11-14(16)2)21-20(25)12-24-18-8-6-5-7-17(18)22-19(24)13-28-3/h5-11,23H,4,12-13H2,1-3H3,(H,21,25). The van der Waals surface area contributed by atoms with E-state index in [1.165, 1.54) is 0 Å². The fourth-order valence-corrected chi connectivity index (χ4v) is 4.17. The molecule has 0 aliphatic heterocycles. The highest BCUT2D eigenvalue weighted by Gasteiger charge is 2.14. The van der Waals surface area contributed by atoms with Gasteiger partial charge in [0, 0.05) is 5.69 Å². The minimum Gasteiger partial charge on any atom is -0.325 e. The van der Waals surface area contributed by atoms with Crippen molar-refractivity contribution in [2.45, 2.75) is 26.1 Å². The minimum absolute atomic E-state index is 0.00215. The number of aryl methyl sites for hydroxylation is 1. The molecule has 0 fully saturated rings. The fourth-order valence-electron chi connectivity index (χ4n) is 2.98. The van der Waals surface area contributed by atoms with Gasteiger partial charge in [0.25, 0.3) is 0 Å². The Morgan fingerprint density at radius 2 is 1.97 bits per heavy atom. The van der Waals surface area contributed by atoms with Gasteiger partial charge in [0.15, 0.2) is 0 Å². The van der Waals surface area contributed by atoms with Crippen molar-refractivity contribution in [2.75, 3.05) is 22.0 Å². The zero-order valence-corrected chi connectivity index (χ0v) is 18.2. The van der Waals surface area contributed by atoms with Crippen molar-refractivity contribution >= 4 is 50.1 Å². The maximum absolute atomic E-state index is 12.7. The van der Waals surface area contributed by atoms with E-state index in [1.807, 2.05) is 35.1 Å². The number of hydrogen-bond acceptors (Lipinski definition) is 5. The first-order valence-electron chi connectivity index (χ1n) is 9.17. The Hall–Kier alpha value is -2.52. The summed E-state index contributed by atoms with van der Waals surface area (Å²) in [5.74, 6) is 1.40. The van der Waals surface area contributed by atoms with E-state index in [1.54, 1.807) is 43.8 Å². The summed E-state index contributed by atoms with van der Waals surface area (Å²) < 4.78 is 28.0. The van der Waals surface area contributed by atoms with Gasteiger partial charge in [0.1, 0.15) is 12.4 Å². The van der Waals surface area contributed by atoms with Gasteiger partial charge in [-0.25, -0.2) is 13.4 Å². The zero-order valence-electron chi connectivity index (χ0n) is 16.6. The van der Waals surface area contributed by atoms with Crippen molar-refractivity contribution in [3.8, 4) is 0 Å². The number of aromatic nitrogens is 2. The summed E-state index contributed by atoms with van der Waals surface area (Å²) in [5, 5.41) is 2.89. The summed E-state index contributed by atoms with van der Waals surface area (Å²) >= 11 is 1.65. The number of carbonyl (C=O) groups excluding carboxylic acids is 1. The number of carbonyl (C=O) groups is 1. The largest absolute Gasteiger partial charge is 0.325 e. The Kier molecular flexibility index (Phi) is 6.49. The first-order valence-corrected chi connectivity index (χ1v) is 12.2. The third kappa shape index (κ3) is 5.10. The number of sulfonamides is 1. The van der Waals surface area contributed by atoms with Crippen molar-refractivity contribution in [1.29, 1.82) is 0 Å². The number of anilines is 2.